The molecular formula is C18H32N4OS. The fraction of sp³-hybridized carbons (Fsp3) is 0.778. The summed E-state index contributed by atoms with van der Waals surface area (Å²) in [7, 11) is 0. The van der Waals surface area contributed by atoms with Gasteiger partial charge in [0.25, 0.3) is 0 Å². The Kier molecular flexibility index (Phi) is 6.63. The van der Waals surface area contributed by atoms with Crippen LogP contribution in [-0.2, 0) is 11.2 Å². The number of piperidine rings is 1. The third-order valence-electron chi connectivity index (χ3n) is 5.04. The van der Waals surface area contributed by atoms with Crippen LogP contribution in [0.5, 0.6) is 0 Å². The van der Waals surface area contributed by atoms with Crippen molar-refractivity contribution in [2.24, 2.45) is 0 Å². The normalized spacial score (nSPS) is 18.4. The highest BCUT2D eigenvalue weighted by Gasteiger charge is 2.29. The Morgan fingerprint density at radius 1 is 1.42 bits per heavy atom. The van der Waals surface area contributed by atoms with Crippen molar-refractivity contribution in [1.29, 1.82) is 0 Å². The second-order valence-corrected chi connectivity index (χ2v) is 8.21. The van der Waals surface area contributed by atoms with E-state index in [1.54, 1.807) is 11.3 Å². The molecule has 2 rings (SSSR count). The molecule has 0 aromatic carbocycles. The molecule has 24 heavy (non-hydrogen) atoms. The Bertz CT molecular complexity index is 535. The van der Waals surface area contributed by atoms with Gasteiger partial charge in [0.1, 0.15) is 0 Å². The molecule has 2 heterocycles. The lowest BCUT2D eigenvalue weighted by atomic mass is 10.00. The molecule has 1 fully saturated rings. The topological polar surface area (TPSA) is 57.3 Å². The van der Waals surface area contributed by atoms with E-state index in [0.29, 0.717) is 6.04 Å². The van der Waals surface area contributed by atoms with Crippen molar-refractivity contribution in [2.45, 2.75) is 77.9 Å². The highest BCUT2D eigenvalue weighted by Crippen LogP contribution is 2.21. The van der Waals surface area contributed by atoms with E-state index in [-0.39, 0.29) is 17.5 Å². The van der Waals surface area contributed by atoms with Crippen LogP contribution in [0.4, 0.5) is 5.13 Å². The van der Waals surface area contributed by atoms with E-state index in [4.69, 9.17) is 0 Å². The van der Waals surface area contributed by atoms with Gasteiger partial charge in [0, 0.05) is 30.1 Å². The third kappa shape index (κ3) is 5.18. The van der Waals surface area contributed by atoms with Crippen LogP contribution in [0, 0.1) is 0 Å². The number of aromatic nitrogens is 1. The lowest BCUT2D eigenvalue weighted by Crippen LogP contribution is -2.54. The van der Waals surface area contributed by atoms with Crippen molar-refractivity contribution in [3.8, 4) is 0 Å². The van der Waals surface area contributed by atoms with E-state index in [2.05, 4.69) is 53.6 Å². The molecule has 1 aliphatic rings. The smallest absolute Gasteiger partial charge is 0.237 e. The summed E-state index contributed by atoms with van der Waals surface area (Å²) in [6.07, 6.45) is 4.02. The number of thiazole rings is 1. The fourth-order valence-electron chi connectivity index (χ4n) is 2.83. The van der Waals surface area contributed by atoms with Crippen LogP contribution < -0.4 is 10.6 Å². The van der Waals surface area contributed by atoms with E-state index >= 15 is 0 Å². The van der Waals surface area contributed by atoms with Crippen LogP contribution in [0.3, 0.4) is 0 Å². The second kappa shape index (κ2) is 8.30. The van der Waals surface area contributed by atoms with Crippen molar-refractivity contribution in [3.05, 3.63) is 11.1 Å². The van der Waals surface area contributed by atoms with Crippen LogP contribution >= 0.6 is 11.3 Å². The molecule has 0 saturated carbocycles. The first-order valence-corrected chi connectivity index (χ1v) is 9.99. The number of likely N-dealkylation sites (tertiary alicyclic amines) is 1. The number of nitrogens with one attached hydrogen (secondary N) is 2. The minimum atomic E-state index is -0.132. The first-order valence-electron chi connectivity index (χ1n) is 9.11. The van der Waals surface area contributed by atoms with Gasteiger partial charge in [-0.25, -0.2) is 4.98 Å². The maximum Gasteiger partial charge on any atom is 0.237 e. The summed E-state index contributed by atoms with van der Waals surface area (Å²) in [5.74, 6) is 0.140. The van der Waals surface area contributed by atoms with Crippen molar-refractivity contribution in [1.82, 2.24) is 15.2 Å². The number of carbonyl (C=O) groups excluding carboxylic acids is 1. The average Bonchev–Trinajstić information content (AvgIpc) is 3.02. The van der Waals surface area contributed by atoms with E-state index < -0.39 is 0 Å². The lowest BCUT2D eigenvalue weighted by Gasteiger charge is -2.37. The molecule has 5 nitrogen and oxygen atoms in total. The van der Waals surface area contributed by atoms with Crippen LogP contribution in [0.2, 0.25) is 0 Å². The van der Waals surface area contributed by atoms with Crippen molar-refractivity contribution in [2.75, 3.05) is 18.4 Å². The minimum Gasteiger partial charge on any atom is -0.359 e. The molecule has 1 amide bonds. The van der Waals surface area contributed by atoms with Gasteiger partial charge in [-0.2, -0.15) is 0 Å². The van der Waals surface area contributed by atoms with Gasteiger partial charge in [-0.15, -0.1) is 11.3 Å². The fourth-order valence-corrected chi connectivity index (χ4v) is 3.71. The molecular weight excluding hydrogens is 320 g/mol. The summed E-state index contributed by atoms with van der Waals surface area (Å²) in [6, 6.07) is 0.391. The summed E-state index contributed by atoms with van der Waals surface area (Å²) < 4.78 is 0. The number of aryl methyl sites for hydroxylation is 1. The first-order chi connectivity index (χ1) is 11.3. The van der Waals surface area contributed by atoms with Gasteiger partial charge in [0.05, 0.1) is 11.7 Å². The largest absolute Gasteiger partial charge is 0.359 e. The van der Waals surface area contributed by atoms with E-state index in [0.717, 1.165) is 49.6 Å². The predicted molar refractivity (Wildman–Crippen MR) is 102 cm³/mol. The minimum absolute atomic E-state index is 0.0664. The quantitative estimate of drug-likeness (QED) is 0.791. The highest BCUT2D eigenvalue weighted by molar-refractivity contribution is 7.13. The van der Waals surface area contributed by atoms with Gasteiger partial charge in [-0.3, -0.25) is 9.69 Å². The van der Waals surface area contributed by atoms with Crippen molar-refractivity contribution >= 4 is 22.4 Å². The first kappa shape index (κ1) is 19.2. The van der Waals surface area contributed by atoms with Crippen molar-refractivity contribution < 1.29 is 4.79 Å². The number of nitrogens with zero attached hydrogens (tertiary/aromatic N) is 2. The van der Waals surface area contributed by atoms with E-state index in [1.165, 1.54) is 0 Å². The van der Waals surface area contributed by atoms with E-state index in [9.17, 15) is 4.79 Å². The zero-order valence-electron chi connectivity index (χ0n) is 15.7. The summed E-state index contributed by atoms with van der Waals surface area (Å²) in [5.41, 5.74) is 1.02. The van der Waals surface area contributed by atoms with Gasteiger partial charge in [-0.05, 0) is 46.5 Å². The van der Waals surface area contributed by atoms with Gasteiger partial charge in [0.2, 0.25) is 5.91 Å². The van der Waals surface area contributed by atoms with Crippen LogP contribution in [0.25, 0.3) is 0 Å². The van der Waals surface area contributed by atoms with Gasteiger partial charge < -0.3 is 10.6 Å². The summed E-state index contributed by atoms with van der Waals surface area (Å²) in [4.78, 5) is 19.3. The molecule has 0 radical (unpaired) electrons. The summed E-state index contributed by atoms with van der Waals surface area (Å²) in [5, 5.41) is 9.86. The predicted octanol–water partition coefficient (Wildman–Crippen LogP) is 3.28. The molecule has 0 aliphatic carbocycles. The maximum atomic E-state index is 12.4. The molecule has 0 spiro atoms. The molecule has 136 valence electrons. The molecule has 0 bridgehead atoms. The van der Waals surface area contributed by atoms with Crippen LogP contribution in [0.1, 0.15) is 59.6 Å². The molecule has 0 unspecified atom stereocenters. The number of hydrogen-bond donors (Lipinski definition) is 2. The Morgan fingerprint density at radius 3 is 2.62 bits per heavy atom. The number of anilines is 1. The lowest BCUT2D eigenvalue weighted by molar-refractivity contribution is -0.128. The van der Waals surface area contributed by atoms with Crippen LogP contribution in [0.15, 0.2) is 5.38 Å². The monoisotopic (exact) mass is 352 g/mol. The standard InChI is InChI=1S/C18H32N4OS/c1-6-14-12-24-17(19-14)20-15-8-10-22(11-9-15)13(3)16(23)21-18(4,5)7-2/h12-13,15H,6-11H2,1-5H3,(H,19,20)(H,21,23)/t13-/m0/s1. The average molecular weight is 353 g/mol. The molecule has 6 heteroatoms. The van der Waals surface area contributed by atoms with Crippen molar-refractivity contribution in [3.63, 3.8) is 0 Å². The number of hydrogen-bond acceptors (Lipinski definition) is 5. The highest BCUT2D eigenvalue weighted by atomic mass is 32.1. The van der Waals surface area contributed by atoms with Gasteiger partial charge >= 0.3 is 0 Å². The zero-order valence-corrected chi connectivity index (χ0v) is 16.5. The Labute approximate surface area is 150 Å². The van der Waals surface area contributed by atoms with Crippen LogP contribution in [-0.4, -0.2) is 46.5 Å². The SMILES string of the molecule is CCc1csc(NC2CCN([C@@H](C)C(=O)NC(C)(C)CC)CC2)n1. The van der Waals surface area contributed by atoms with Gasteiger partial charge in [-0.1, -0.05) is 13.8 Å². The molecule has 1 atom stereocenters. The number of amides is 1. The number of carbonyl (C=O) groups is 1. The number of rotatable bonds is 7. The Balaban J connectivity index is 1.80. The molecule has 1 aromatic rings. The second-order valence-electron chi connectivity index (χ2n) is 7.35. The summed E-state index contributed by atoms with van der Waals surface area (Å²) in [6.45, 7) is 12.3. The molecule has 2 N–H and O–H groups in total. The molecule has 1 aromatic heterocycles. The zero-order chi connectivity index (χ0) is 17.7. The van der Waals surface area contributed by atoms with Gasteiger partial charge in [0.15, 0.2) is 5.13 Å². The van der Waals surface area contributed by atoms with E-state index in [1.807, 2.05) is 6.92 Å². The third-order valence-corrected chi connectivity index (χ3v) is 5.87. The molecule has 1 aliphatic heterocycles. The summed E-state index contributed by atoms with van der Waals surface area (Å²) >= 11 is 1.69. The Morgan fingerprint density at radius 2 is 2.08 bits per heavy atom. The maximum absolute atomic E-state index is 12.4. The Hall–Kier alpha value is -1.14. The molecule has 1 saturated heterocycles.